The quantitative estimate of drug-likeness (QED) is 0.759. The van der Waals surface area contributed by atoms with E-state index in [1.807, 2.05) is 36.1 Å². The van der Waals surface area contributed by atoms with Gasteiger partial charge in [0.2, 0.25) is 0 Å². The molecule has 4 nitrogen and oxygen atoms in total. The molecule has 1 aromatic carbocycles. The standard InChI is InChI=1S/C17H21N3OS2.2ClH/c1-13-19-15(11-22-13)12-23-16-5-3-14(4-6-16)17(21)20-9-2-7-18-8-10-20;;/h3-6,11,18H,2,7-10,12H2,1H3;2*1H. The fourth-order valence-corrected chi connectivity index (χ4v) is 4.07. The van der Waals surface area contributed by atoms with Crippen LogP contribution in [0, 0.1) is 6.92 Å². The third kappa shape index (κ3) is 6.46. The molecule has 0 radical (unpaired) electrons. The molecule has 1 amide bonds. The number of benzene rings is 1. The van der Waals surface area contributed by atoms with Crippen molar-refractivity contribution in [3.63, 3.8) is 0 Å². The number of hydrogen-bond donors (Lipinski definition) is 1. The number of aryl methyl sites for hydroxylation is 1. The second-order valence-electron chi connectivity index (χ2n) is 5.57. The molecule has 2 heterocycles. The largest absolute Gasteiger partial charge is 0.337 e. The lowest BCUT2D eigenvalue weighted by Crippen LogP contribution is -2.34. The number of nitrogens with zero attached hydrogens (tertiary/aromatic N) is 2. The predicted molar refractivity (Wildman–Crippen MR) is 111 cm³/mol. The fourth-order valence-electron chi connectivity index (χ4n) is 2.56. The molecule has 3 rings (SSSR count). The number of rotatable bonds is 4. The van der Waals surface area contributed by atoms with Crippen molar-refractivity contribution in [1.29, 1.82) is 0 Å². The summed E-state index contributed by atoms with van der Waals surface area (Å²) < 4.78 is 0. The van der Waals surface area contributed by atoms with E-state index in [0.29, 0.717) is 0 Å². The van der Waals surface area contributed by atoms with Gasteiger partial charge >= 0.3 is 0 Å². The highest BCUT2D eigenvalue weighted by Crippen LogP contribution is 2.24. The van der Waals surface area contributed by atoms with E-state index in [1.54, 1.807) is 23.1 Å². The molecule has 138 valence electrons. The molecule has 0 saturated carbocycles. The number of thiazole rings is 1. The smallest absolute Gasteiger partial charge is 0.253 e. The minimum absolute atomic E-state index is 0. The van der Waals surface area contributed by atoms with Gasteiger partial charge in [0.15, 0.2) is 0 Å². The van der Waals surface area contributed by atoms with E-state index in [2.05, 4.69) is 15.7 Å². The highest BCUT2D eigenvalue weighted by Gasteiger charge is 2.16. The first-order valence-electron chi connectivity index (χ1n) is 7.86. The highest BCUT2D eigenvalue weighted by atomic mass is 35.5. The number of aromatic nitrogens is 1. The van der Waals surface area contributed by atoms with Crippen molar-refractivity contribution in [1.82, 2.24) is 15.2 Å². The van der Waals surface area contributed by atoms with Gasteiger partial charge in [-0.1, -0.05) is 0 Å². The van der Waals surface area contributed by atoms with Crippen LogP contribution in [0.5, 0.6) is 0 Å². The molecule has 1 aromatic heterocycles. The Morgan fingerprint density at radius 1 is 1.24 bits per heavy atom. The molecule has 0 bridgehead atoms. The Labute approximate surface area is 169 Å². The first-order chi connectivity index (χ1) is 11.2. The molecule has 1 aliphatic heterocycles. The average Bonchev–Trinajstić information content (AvgIpc) is 2.83. The Bertz CT molecular complexity index is 656. The molecule has 2 aromatic rings. The summed E-state index contributed by atoms with van der Waals surface area (Å²) >= 11 is 3.44. The number of carbonyl (C=O) groups excluding carboxylic acids is 1. The molecule has 1 aliphatic rings. The Morgan fingerprint density at radius 2 is 2.00 bits per heavy atom. The van der Waals surface area contributed by atoms with Gasteiger partial charge in [-0.05, 0) is 44.2 Å². The molecule has 1 N–H and O–H groups in total. The topological polar surface area (TPSA) is 45.2 Å². The van der Waals surface area contributed by atoms with Crippen molar-refractivity contribution < 1.29 is 4.79 Å². The van der Waals surface area contributed by atoms with E-state index in [0.717, 1.165) is 54.6 Å². The monoisotopic (exact) mass is 419 g/mol. The number of hydrogen-bond acceptors (Lipinski definition) is 5. The lowest BCUT2D eigenvalue weighted by molar-refractivity contribution is 0.0766. The van der Waals surface area contributed by atoms with Gasteiger partial charge in [-0.2, -0.15) is 0 Å². The van der Waals surface area contributed by atoms with Crippen LogP contribution in [0.3, 0.4) is 0 Å². The van der Waals surface area contributed by atoms with Crippen LogP contribution in [0.4, 0.5) is 0 Å². The first-order valence-corrected chi connectivity index (χ1v) is 9.73. The van der Waals surface area contributed by atoms with Crippen molar-refractivity contribution in [3.8, 4) is 0 Å². The van der Waals surface area contributed by atoms with Crippen LogP contribution in [0.1, 0.15) is 27.5 Å². The first kappa shape index (κ1) is 22.3. The maximum Gasteiger partial charge on any atom is 0.253 e. The molecule has 0 aliphatic carbocycles. The van der Waals surface area contributed by atoms with E-state index >= 15 is 0 Å². The number of nitrogens with one attached hydrogen (secondary N) is 1. The van der Waals surface area contributed by atoms with E-state index < -0.39 is 0 Å². The summed E-state index contributed by atoms with van der Waals surface area (Å²) in [6, 6.07) is 7.95. The maximum absolute atomic E-state index is 12.5. The van der Waals surface area contributed by atoms with E-state index in [9.17, 15) is 4.79 Å². The molecule has 25 heavy (non-hydrogen) atoms. The van der Waals surface area contributed by atoms with Gasteiger partial charge in [0.25, 0.3) is 5.91 Å². The van der Waals surface area contributed by atoms with Gasteiger partial charge < -0.3 is 10.2 Å². The number of halogens is 2. The predicted octanol–water partition coefficient (Wildman–Crippen LogP) is 4.02. The van der Waals surface area contributed by atoms with E-state index in [-0.39, 0.29) is 30.7 Å². The van der Waals surface area contributed by atoms with Gasteiger partial charge in [0.05, 0.1) is 10.7 Å². The SMILES string of the molecule is Cc1nc(CSc2ccc(C(=O)N3CCCNCC3)cc2)cs1.Cl.Cl. The maximum atomic E-state index is 12.5. The number of carbonyl (C=O) groups is 1. The minimum atomic E-state index is 0. The summed E-state index contributed by atoms with van der Waals surface area (Å²) in [6.07, 6.45) is 1.02. The van der Waals surface area contributed by atoms with Crippen LogP contribution in [0.25, 0.3) is 0 Å². The zero-order valence-corrected chi connectivity index (χ0v) is 17.3. The summed E-state index contributed by atoms with van der Waals surface area (Å²) in [4.78, 5) is 20.1. The Kier molecular flexibility index (Phi) is 9.82. The second-order valence-corrected chi connectivity index (χ2v) is 7.68. The van der Waals surface area contributed by atoms with Crippen molar-refractivity contribution >= 4 is 53.8 Å². The molecule has 8 heteroatoms. The van der Waals surface area contributed by atoms with E-state index in [4.69, 9.17) is 0 Å². The van der Waals surface area contributed by atoms with Crippen molar-refractivity contribution in [3.05, 3.63) is 45.9 Å². The van der Waals surface area contributed by atoms with Crippen LogP contribution in [-0.4, -0.2) is 42.0 Å². The van der Waals surface area contributed by atoms with Crippen LogP contribution in [-0.2, 0) is 5.75 Å². The molecule has 0 spiro atoms. The zero-order chi connectivity index (χ0) is 16.1. The van der Waals surface area contributed by atoms with Gasteiger partial charge in [-0.3, -0.25) is 4.79 Å². The summed E-state index contributed by atoms with van der Waals surface area (Å²) in [7, 11) is 0. The number of amides is 1. The van der Waals surface area contributed by atoms with Crippen LogP contribution < -0.4 is 5.32 Å². The molecular formula is C17H23Cl2N3OS2. The summed E-state index contributed by atoms with van der Waals surface area (Å²) in [5.41, 5.74) is 1.90. The van der Waals surface area contributed by atoms with Gasteiger partial charge in [-0.25, -0.2) is 4.98 Å². The molecule has 0 atom stereocenters. The third-order valence-corrected chi connectivity index (χ3v) is 5.65. The van der Waals surface area contributed by atoms with Gasteiger partial charge in [0.1, 0.15) is 0 Å². The summed E-state index contributed by atoms with van der Waals surface area (Å²) in [5.74, 6) is 1.01. The van der Waals surface area contributed by atoms with Gasteiger partial charge in [-0.15, -0.1) is 47.9 Å². The van der Waals surface area contributed by atoms with Crippen LogP contribution >= 0.6 is 47.9 Å². The van der Waals surface area contributed by atoms with Crippen molar-refractivity contribution in [2.24, 2.45) is 0 Å². The lowest BCUT2D eigenvalue weighted by atomic mass is 10.2. The highest BCUT2D eigenvalue weighted by molar-refractivity contribution is 7.98. The Morgan fingerprint density at radius 3 is 2.68 bits per heavy atom. The normalized spacial score (nSPS) is 14.2. The zero-order valence-electron chi connectivity index (χ0n) is 14.1. The summed E-state index contributed by atoms with van der Waals surface area (Å²) in [6.45, 7) is 5.53. The minimum Gasteiger partial charge on any atom is -0.337 e. The molecular weight excluding hydrogens is 397 g/mol. The van der Waals surface area contributed by atoms with Crippen molar-refractivity contribution in [2.45, 2.75) is 24.0 Å². The Hall–Kier alpha value is -0.790. The van der Waals surface area contributed by atoms with Gasteiger partial charge in [0, 0.05) is 41.2 Å². The van der Waals surface area contributed by atoms with Crippen molar-refractivity contribution in [2.75, 3.05) is 26.2 Å². The fraction of sp³-hybridized carbons (Fsp3) is 0.412. The van der Waals surface area contributed by atoms with E-state index in [1.165, 1.54) is 4.90 Å². The molecule has 0 unspecified atom stereocenters. The lowest BCUT2D eigenvalue weighted by Gasteiger charge is -2.20. The Balaban J connectivity index is 0.00000156. The van der Waals surface area contributed by atoms with Crippen LogP contribution in [0.15, 0.2) is 34.5 Å². The average molecular weight is 420 g/mol. The second kappa shape index (κ2) is 11.0. The van der Waals surface area contributed by atoms with Crippen LogP contribution in [0.2, 0.25) is 0 Å². The third-order valence-electron chi connectivity index (χ3n) is 3.78. The summed E-state index contributed by atoms with van der Waals surface area (Å²) in [5, 5.41) is 6.53. The number of thioether (sulfide) groups is 1. The molecule has 1 fully saturated rings. The molecule has 1 saturated heterocycles.